The first kappa shape index (κ1) is 19.1. The SMILES string of the molecule is COc1ccccc1-c1nc(C2CCN(C(=O)Cc3ccc(F)cc3)CC2)no1. The summed E-state index contributed by atoms with van der Waals surface area (Å²) in [4.78, 5) is 18.9. The van der Waals surface area contributed by atoms with Crippen LogP contribution >= 0.6 is 0 Å². The molecule has 1 saturated heterocycles. The van der Waals surface area contributed by atoms with Crippen molar-refractivity contribution in [1.82, 2.24) is 15.0 Å². The standard InChI is InChI=1S/C22H22FN3O3/c1-28-19-5-3-2-4-18(19)22-24-21(25-29-22)16-10-12-26(13-11-16)20(27)14-15-6-8-17(23)9-7-15/h2-9,16H,10-14H2,1H3. The zero-order valence-corrected chi connectivity index (χ0v) is 16.2. The molecule has 7 heteroatoms. The third kappa shape index (κ3) is 4.29. The Hall–Kier alpha value is -3.22. The molecule has 0 atom stereocenters. The molecule has 0 aliphatic carbocycles. The molecule has 150 valence electrons. The molecule has 4 rings (SSSR count). The van der Waals surface area contributed by atoms with Crippen molar-refractivity contribution in [2.75, 3.05) is 20.2 Å². The highest BCUT2D eigenvalue weighted by Crippen LogP contribution is 2.31. The lowest BCUT2D eigenvalue weighted by Crippen LogP contribution is -2.39. The predicted octanol–water partition coefficient (Wildman–Crippen LogP) is 3.83. The Bertz CT molecular complexity index is 979. The second kappa shape index (κ2) is 8.43. The number of methoxy groups -OCH3 is 1. The topological polar surface area (TPSA) is 68.5 Å². The number of likely N-dealkylation sites (tertiary alicyclic amines) is 1. The van der Waals surface area contributed by atoms with Crippen LogP contribution in [-0.4, -0.2) is 41.1 Å². The summed E-state index contributed by atoms with van der Waals surface area (Å²) in [6, 6.07) is 13.6. The van der Waals surface area contributed by atoms with Crippen molar-refractivity contribution >= 4 is 5.91 Å². The highest BCUT2D eigenvalue weighted by atomic mass is 19.1. The van der Waals surface area contributed by atoms with Crippen LogP contribution in [0, 0.1) is 5.82 Å². The molecule has 3 aromatic rings. The van der Waals surface area contributed by atoms with Crippen molar-refractivity contribution in [1.29, 1.82) is 0 Å². The zero-order chi connectivity index (χ0) is 20.2. The second-order valence-corrected chi connectivity index (χ2v) is 7.12. The Balaban J connectivity index is 1.37. The van der Waals surface area contributed by atoms with Crippen molar-refractivity contribution in [2.24, 2.45) is 0 Å². The summed E-state index contributed by atoms with van der Waals surface area (Å²) in [5.74, 6) is 1.69. The van der Waals surface area contributed by atoms with Crippen LogP contribution in [-0.2, 0) is 11.2 Å². The molecule has 29 heavy (non-hydrogen) atoms. The van der Waals surface area contributed by atoms with E-state index in [9.17, 15) is 9.18 Å². The van der Waals surface area contributed by atoms with Crippen molar-refractivity contribution in [3.05, 3.63) is 65.7 Å². The van der Waals surface area contributed by atoms with E-state index in [1.165, 1.54) is 12.1 Å². The summed E-state index contributed by atoms with van der Waals surface area (Å²) in [7, 11) is 1.61. The number of hydrogen-bond donors (Lipinski definition) is 0. The third-order valence-electron chi connectivity index (χ3n) is 5.26. The van der Waals surface area contributed by atoms with Gasteiger partial charge in [-0.1, -0.05) is 29.4 Å². The van der Waals surface area contributed by atoms with Gasteiger partial charge in [0.05, 0.1) is 19.1 Å². The van der Waals surface area contributed by atoms with Gasteiger partial charge in [0, 0.05) is 19.0 Å². The van der Waals surface area contributed by atoms with E-state index < -0.39 is 0 Å². The van der Waals surface area contributed by atoms with Gasteiger partial charge in [0.1, 0.15) is 11.6 Å². The Morgan fingerprint density at radius 3 is 2.62 bits per heavy atom. The minimum atomic E-state index is -0.297. The molecular weight excluding hydrogens is 373 g/mol. The fraction of sp³-hybridized carbons (Fsp3) is 0.318. The van der Waals surface area contributed by atoms with Crippen LogP contribution in [0.5, 0.6) is 5.75 Å². The molecule has 2 aromatic carbocycles. The van der Waals surface area contributed by atoms with E-state index in [1.807, 2.05) is 29.2 Å². The van der Waals surface area contributed by atoms with E-state index >= 15 is 0 Å². The summed E-state index contributed by atoms with van der Waals surface area (Å²) < 4.78 is 23.8. The maximum atomic E-state index is 13.0. The van der Waals surface area contributed by atoms with E-state index in [2.05, 4.69) is 10.1 Å². The van der Waals surface area contributed by atoms with Gasteiger partial charge in [-0.2, -0.15) is 4.98 Å². The van der Waals surface area contributed by atoms with Crippen LogP contribution in [0.4, 0.5) is 4.39 Å². The first-order chi connectivity index (χ1) is 14.1. The number of amides is 1. The largest absolute Gasteiger partial charge is 0.496 e. The summed E-state index contributed by atoms with van der Waals surface area (Å²) in [5, 5.41) is 4.16. The Morgan fingerprint density at radius 1 is 1.17 bits per heavy atom. The van der Waals surface area contributed by atoms with Gasteiger partial charge in [0.2, 0.25) is 5.91 Å². The van der Waals surface area contributed by atoms with Gasteiger partial charge in [0.15, 0.2) is 5.82 Å². The molecule has 1 fully saturated rings. The number of rotatable bonds is 5. The van der Waals surface area contributed by atoms with Crippen molar-refractivity contribution in [3.8, 4) is 17.2 Å². The molecular formula is C22H22FN3O3. The maximum absolute atomic E-state index is 13.0. The van der Waals surface area contributed by atoms with Gasteiger partial charge >= 0.3 is 0 Å². The van der Waals surface area contributed by atoms with Crippen molar-refractivity contribution in [3.63, 3.8) is 0 Å². The van der Waals surface area contributed by atoms with Gasteiger partial charge in [-0.3, -0.25) is 4.79 Å². The molecule has 0 spiro atoms. The van der Waals surface area contributed by atoms with Crippen LogP contribution in [0.25, 0.3) is 11.5 Å². The quantitative estimate of drug-likeness (QED) is 0.657. The zero-order valence-electron chi connectivity index (χ0n) is 16.2. The molecule has 2 heterocycles. The van der Waals surface area contributed by atoms with Gasteiger partial charge in [-0.25, -0.2) is 4.39 Å². The number of piperidine rings is 1. The van der Waals surface area contributed by atoms with Crippen molar-refractivity contribution < 1.29 is 18.4 Å². The lowest BCUT2D eigenvalue weighted by molar-refractivity contribution is -0.131. The fourth-order valence-electron chi connectivity index (χ4n) is 3.61. The third-order valence-corrected chi connectivity index (χ3v) is 5.26. The van der Waals surface area contributed by atoms with E-state index in [4.69, 9.17) is 9.26 Å². The van der Waals surface area contributed by atoms with Gasteiger partial charge in [-0.15, -0.1) is 0 Å². The van der Waals surface area contributed by atoms with Crippen LogP contribution in [0.1, 0.15) is 30.1 Å². The number of nitrogens with zero attached hydrogens (tertiary/aromatic N) is 3. The highest BCUT2D eigenvalue weighted by Gasteiger charge is 2.27. The van der Waals surface area contributed by atoms with Crippen LogP contribution in [0.15, 0.2) is 53.1 Å². The number of aromatic nitrogens is 2. The molecule has 0 saturated carbocycles. The summed E-state index contributed by atoms with van der Waals surface area (Å²) >= 11 is 0. The monoisotopic (exact) mass is 395 g/mol. The molecule has 0 bridgehead atoms. The lowest BCUT2D eigenvalue weighted by Gasteiger charge is -2.30. The Morgan fingerprint density at radius 2 is 1.90 bits per heavy atom. The maximum Gasteiger partial charge on any atom is 0.261 e. The molecule has 1 aromatic heterocycles. The number of carbonyl (C=O) groups is 1. The molecule has 1 amide bonds. The molecule has 0 N–H and O–H groups in total. The van der Waals surface area contributed by atoms with Crippen LogP contribution in [0.3, 0.4) is 0 Å². The molecule has 0 radical (unpaired) electrons. The van der Waals surface area contributed by atoms with Crippen molar-refractivity contribution in [2.45, 2.75) is 25.2 Å². The average molecular weight is 395 g/mol. The van der Waals surface area contributed by atoms with Crippen LogP contribution in [0.2, 0.25) is 0 Å². The first-order valence-electron chi connectivity index (χ1n) is 9.63. The Labute approximate surface area is 168 Å². The number of para-hydroxylation sites is 1. The Kier molecular flexibility index (Phi) is 5.55. The van der Waals surface area contributed by atoms with Gasteiger partial charge in [0.25, 0.3) is 5.89 Å². The summed E-state index contributed by atoms with van der Waals surface area (Å²) in [6.45, 7) is 1.28. The summed E-state index contributed by atoms with van der Waals surface area (Å²) in [5.41, 5.74) is 1.58. The molecule has 1 aliphatic rings. The molecule has 6 nitrogen and oxygen atoms in total. The predicted molar refractivity (Wildman–Crippen MR) is 105 cm³/mol. The van der Waals surface area contributed by atoms with E-state index in [-0.39, 0.29) is 24.1 Å². The van der Waals surface area contributed by atoms with Gasteiger partial charge in [-0.05, 0) is 42.7 Å². The average Bonchev–Trinajstić information content (AvgIpc) is 3.25. The van der Waals surface area contributed by atoms with E-state index in [1.54, 1.807) is 19.2 Å². The number of hydrogen-bond acceptors (Lipinski definition) is 5. The van der Waals surface area contributed by atoms with E-state index in [0.29, 0.717) is 30.6 Å². The fourth-order valence-corrected chi connectivity index (χ4v) is 3.61. The second-order valence-electron chi connectivity index (χ2n) is 7.12. The molecule has 0 unspecified atom stereocenters. The lowest BCUT2D eigenvalue weighted by atomic mass is 9.95. The number of benzene rings is 2. The number of halogens is 1. The minimum absolute atomic E-state index is 0.0536. The minimum Gasteiger partial charge on any atom is -0.496 e. The normalized spacial score (nSPS) is 14.8. The van der Waals surface area contributed by atoms with Gasteiger partial charge < -0.3 is 14.2 Å². The number of carbonyl (C=O) groups excluding carboxylic acids is 1. The molecule has 1 aliphatic heterocycles. The smallest absolute Gasteiger partial charge is 0.261 e. The first-order valence-corrected chi connectivity index (χ1v) is 9.63. The summed E-state index contributed by atoms with van der Waals surface area (Å²) in [6.07, 6.45) is 1.84. The van der Waals surface area contributed by atoms with E-state index in [0.717, 1.165) is 24.0 Å². The number of ether oxygens (including phenoxy) is 1. The highest BCUT2D eigenvalue weighted by molar-refractivity contribution is 5.78. The van der Waals surface area contributed by atoms with Crippen LogP contribution < -0.4 is 4.74 Å².